The normalized spacial score (nSPS) is 11.4. The first-order valence-corrected chi connectivity index (χ1v) is 9.85. The highest BCUT2D eigenvalue weighted by Crippen LogP contribution is 2.41. The smallest absolute Gasteiger partial charge is 0.268 e. The third kappa shape index (κ3) is 5.41. The van der Waals surface area contributed by atoms with Crippen LogP contribution in [0.2, 0.25) is 0 Å². The Morgan fingerprint density at radius 3 is 2.28 bits per heavy atom. The van der Waals surface area contributed by atoms with Crippen LogP contribution in [0.15, 0.2) is 71.6 Å². The highest BCUT2D eigenvalue weighted by atomic mass is 32.2. The number of thioether (sulfide) groups is 1. The molecule has 0 aromatic heterocycles. The summed E-state index contributed by atoms with van der Waals surface area (Å²) in [6.45, 7) is 1.73. The second-order valence-electron chi connectivity index (χ2n) is 6.17. The van der Waals surface area contributed by atoms with Gasteiger partial charge in [0.05, 0.1) is 5.56 Å². The van der Waals surface area contributed by atoms with Crippen molar-refractivity contribution in [3.8, 4) is 11.5 Å². The first kappa shape index (κ1) is 21.0. The van der Waals surface area contributed by atoms with Gasteiger partial charge in [-0.2, -0.15) is 0 Å². The molecule has 0 aliphatic carbocycles. The lowest BCUT2D eigenvalue weighted by atomic mass is 10.1. The Morgan fingerprint density at radius 2 is 1.66 bits per heavy atom. The molecule has 0 atom stereocenters. The van der Waals surface area contributed by atoms with Gasteiger partial charge >= 0.3 is 0 Å². The molecule has 0 saturated carbocycles. The highest BCUT2D eigenvalue weighted by Gasteiger charge is 2.22. The van der Waals surface area contributed by atoms with Crippen molar-refractivity contribution in [1.29, 1.82) is 0 Å². The SMILES string of the molecule is CC=Cc1c(SCc2ccccc2)ccc(Oc2cc(F)cc(F)c2)c1C(F)F. The van der Waals surface area contributed by atoms with Gasteiger partial charge in [-0.3, -0.25) is 0 Å². The molecule has 1 nitrogen and oxygen atoms in total. The molecule has 0 saturated heterocycles. The van der Waals surface area contributed by atoms with Crippen LogP contribution < -0.4 is 4.74 Å². The van der Waals surface area contributed by atoms with Crippen LogP contribution in [0.3, 0.4) is 0 Å². The van der Waals surface area contributed by atoms with Crippen LogP contribution in [0.5, 0.6) is 11.5 Å². The maximum absolute atomic E-state index is 13.9. The average Bonchev–Trinajstić information content (AvgIpc) is 2.67. The van der Waals surface area contributed by atoms with Gasteiger partial charge in [0.15, 0.2) is 0 Å². The number of halogens is 4. The van der Waals surface area contributed by atoms with E-state index in [1.54, 1.807) is 25.1 Å². The van der Waals surface area contributed by atoms with Gasteiger partial charge in [-0.25, -0.2) is 17.6 Å². The predicted molar refractivity (Wildman–Crippen MR) is 109 cm³/mol. The zero-order chi connectivity index (χ0) is 20.8. The molecule has 150 valence electrons. The Labute approximate surface area is 171 Å². The number of benzene rings is 3. The van der Waals surface area contributed by atoms with Gasteiger partial charge in [0.25, 0.3) is 6.43 Å². The topological polar surface area (TPSA) is 9.23 Å². The summed E-state index contributed by atoms with van der Waals surface area (Å²) in [6, 6.07) is 15.4. The molecule has 0 radical (unpaired) electrons. The van der Waals surface area contributed by atoms with E-state index in [4.69, 9.17) is 4.74 Å². The monoisotopic (exact) mass is 418 g/mol. The maximum atomic E-state index is 13.9. The molecule has 0 bridgehead atoms. The van der Waals surface area contributed by atoms with E-state index in [0.717, 1.165) is 17.7 Å². The Hall–Kier alpha value is -2.73. The Morgan fingerprint density at radius 1 is 0.966 bits per heavy atom. The van der Waals surface area contributed by atoms with Crippen LogP contribution in [0.4, 0.5) is 17.6 Å². The molecule has 0 heterocycles. The molecule has 0 unspecified atom stereocenters. The van der Waals surface area contributed by atoms with E-state index in [-0.39, 0.29) is 17.1 Å². The fourth-order valence-electron chi connectivity index (χ4n) is 2.82. The summed E-state index contributed by atoms with van der Waals surface area (Å²) >= 11 is 1.43. The van der Waals surface area contributed by atoms with Crippen LogP contribution in [0.1, 0.15) is 30.0 Å². The second-order valence-corrected chi connectivity index (χ2v) is 7.19. The number of rotatable bonds is 7. The lowest BCUT2D eigenvalue weighted by Crippen LogP contribution is -1.99. The minimum Gasteiger partial charge on any atom is -0.457 e. The molecule has 0 amide bonds. The summed E-state index contributed by atoms with van der Waals surface area (Å²) in [5.41, 5.74) is 1.08. The number of ether oxygens (including phenoxy) is 1. The van der Waals surface area contributed by atoms with Gasteiger partial charge in [0, 0.05) is 34.4 Å². The summed E-state index contributed by atoms with van der Waals surface area (Å²) in [5, 5.41) is 0. The Kier molecular flexibility index (Phi) is 6.99. The minimum atomic E-state index is -2.83. The second kappa shape index (κ2) is 9.65. The molecule has 3 rings (SSSR count). The van der Waals surface area contributed by atoms with Crippen LogP contribution in [0, 0.1) is 11.6 Å². The van der Waals surface area contributed by atoms with E-state index in [0.29, 0.717) is 22.3 Å². The van der Waals surface area contributed by atoms with E-state index in [1.807, 2.05) is 30.3 Å². The lowest BCUT2D eigenvalue weighted by molar-refractivity contribution is 0.147. The number of hydrogen-bond donors (Lipinski definition) is 0. The summed E-state index contributed by atoms with van der Waals surface area (Å²) < 4.78 is 60.2. The van der Waals surface area contributed by atoms with Gasteiger partial charge < -0.3 is 4.74 Å². The highest BCUT2D eigenvalue weighted by molar-refractivity contribution is 7.98. The number of allylic oxidation sites excluding steroid dienone is 1. The molecular weight excluding hydrogens is 400 g/mol. The first-order valence-electron chi connectivity index (χ1n) is 8.86. The third-order valence-corrected chi connectivity index (χ3v) is 5.20. The van der Waals surface area contributed by atoms with E-state index in [1.165, 1.54) is 17.8 Å². The molecule has 0 aliphatic rings. The van der Waals surface area contributed by atoms with E-state index in [9.17, 15) is 17.6 Å². The molecule has 0 spiro atoms. The molecule has 0 fully saturated rings. The quantitative estimate of drug-likeness (QED) is 0.284. The van der Waals surface area contributed by atoms with Gasteiger partial charge in [0.1, 0.15) is 23.1 Å². The molecule has 3 aromatic carbocycles. The van der Waals surface area contributed by atoms with Crippen LogP contribution >= 0.6 is 11.8 Å². The molecule has 3 aromatic rings. The zero-order valence-electron chi connectivity index (χ0n) is 15.5. The number of hydrogen-bond acceptors (Lipinski definition) is 2. The number of alkyl halides is 2. The maximum Gasteiger partial charge on any atom is 0.268 e. The molecule has 29 heavy (non-hydrogen) atoms. The third-order valence-electron chi connectivity index (χ3n) is 4.06. The summed E-state index contributed by atoms with van der Waals surface area (Å²) in [4.78, 5) is 0.667. The molecule has 6 heteroatoms. The van der Waals surface area contributed by atoms with Crippen molar-refractivity contribution < 1.29 is 22.3 Å². The van der Waals surface area contributed by atoms with Crippen molar-refractivity contribution in [1.82, 2.24) is 0 Å². The average molecular weight is 418 g/mol. The van der Waals surface area contributed by atoms with Crippen molar-refractivity contribution in [3.05, 3.63) is 95.1 Å². The molecule has 0 N–H and O–H groups in total. The standard InChI is InChI=1S/C23H18F4OS/c1-2-6-19-21(29-14-15-7-4-3-5-8-15)10-9-20(22(19)23(26)27)28-18-12-16(24)11-17(25)13-18/h2-13,23H,14H2,1H3. The van der Waals surface area contributed by atoms with Crippen molar-refractivity contribution >= 4 is 17.8 Å². The fraction of sp³-hybridized carbons (Fsp3) is 0.130. The molecule has 0 aliphatic heterocycles. The summed E-state index contributed by atoms with van der Waals surface area (Å²) in [6.07, 6.45) is 0.430. The van der Waals surface area contributed by atoms with Crippen LogP contribution in [-0.4, -0.2) is 0 Å². The van der Waals surface area contributed by atoms with Gasteiger partial charge in [0.2, 0.25) is 0 Å². The van der Waals surface area contributed by atoms with Crippen molar-refractivity contribution in [2.45, 2.75) is 24.0 Å². The van der Waals surface area contributed by atoms with Crippen molar-refractivity contribution in [2.75, 3.05) is 0 Å². The van der Waals surface area contributed by atoms with Crippen LogP contribution in [0.25, 0.3) is 6.08 Å². The van der Waals surface area contributed by atoms with E-state index < -0.39 is 18.1 Å². The van der Waals surface area contributed by atoms with Gasteiger partial charge in [-0.1, -0.05) is 42.5 Å². The van der Waals surface area contributed by atoms with Crippen molar-refractivity contribution in [3.63, 3.8) is 0 Å². The minimum absolute atomic E-state index is 0.137. The van der Waals surface area contributed by atoms with E-state index >= 15 is 0 Å². The lowest BCUT2D eigenvalue weighted by Gasteiger charge is -2.17. The van der Waals surface area contributed by atoms with Gasteiger partial charge in [-0.05, 0) is 24.6 Å². The van der Waals surface area contributed by atoms with E-state index in [2.05, 4.69) is 0 Å². The van der Waals surface area contributed by atoms with Crippen molar-refractivity contribution in [2.24, 2.45) is 0 Å². The summed E-state index contributed by atoms with van der Waals surface area (Å²) in [7, 11) is 0. The fourth-order valence-corrected chi connectivity index (χ4v) is 3.84. The Balaban J connectivity index is 1.98. The Bertz CT molecular complexity index is 983. The van der Waals surface area contributed by atoms with Crippen LogP contribution in [-0.2, 0) is 5.75 Å². The van der Waals surface area contributed by atoms with Gasteiger partial charge in [-0.15, -0.1) is 11.8 Å². The zero-order valence-corrected chi connectivity index (χ0v) is 16.4. The predicted octanol–water partition coefficient (Wildman–Crippen LogP) is 8.02. The first-order chi connectivity index (χ1) is 14.0. The largest absolute Gasteiger partial charge is 0.457 e. The summed E-state index contributed by atoms with van der Waals surface area (Å²) in [5.74, 6) is -1.39. The molecular formula is C23H18F4OS.